The van der Waals surface area contributed by atoms with Crippen LogP contribution in [0.2, 0.25) is 5.02 Å². The van der Waals surface area contributed by atoms with Gasteiger partial charge in [0.25, 0.3) is 5.91 Å². The molecule has 2 aromatic rings. The number of nitrogens with zero attached hydrogens (tertiary/aromatic N) is 2. The van der Waals surface area contributed by atoms with E-state index in [4.69, 9.17) is 21.1 Å². The first-order valence-corrected chi connectivity index (χ1v) is 12.0. The maximum absolute atomic E-state index is 13.1. The van der Waals surface area contributed by atoms with Crippen LogP contribution in [-0.4, -0.2) is 61.7 Å². The highest BCUT2D eigenvalue weighted by Crippen LogP contribution is 2.27. The van der Waals surface area contributed by atoms with Crippen LogP contribution in [0.4, 0.5) is 0 Å². The molecular formula is C26H33ClN2O3. The summed E-state index contributed by atoms with van der Waals surface area (Å²) in [5.74, 6) is 1.20. The first-order valence-electron chi connectivity index (χ1n) is 11.6. The number of fused-ring (bicyclic) bond motifs is 4. The molecule has 32 heavy (non-hydrogen) atoms. The number of halogens is 1. The van der Waals surface area contributed by atoms with E-state index in [1.807, 2.05) is 47.4 Å². The van der Waals surface area contributed by atoms with Crippen molar-refractivity contribution in [2.24, 2.45) is 5.92 Å². The van der Waals surface area contributed by atoms with Gasteiger partial charge in [0.05, 0.1) is 6.10 Å². The Morgan fingerprint density at radius 2 is 1.94 bits per heavy atom. The first kappa shape index (κ1) is 23.1. The van der Waals surface area contributed by atoms with Crippen molar-refractivity contribution in [3.8, 4) is 5.75 Å². The van der Waals surface area contributed by atoms with Crippen molar-refractivity contribution in [3.63, 3.8) is 0 Å². The molecule has 5 nitrogen and oxygen atoms in total. The molecule has 0 aromatic heterocycles. The van der Waals surface area contributed by atoms with Gasteiger partial charge in [-0.15, -0.1) is 0 Å². The fraction of sp³-hybridized carbons (Fsp3) is 0.500. The highest BCUT2D eigenvalue weighted by atomic mass is 35.5. The molecule has 172 valence electrons. The third-order valence-corrected chi connectivity index (χ3v) is 7.03. The van der Waals surface area contributed by atoms with Crippen molar-refractivity contribution in [1.29, 1.82) is 0 Å². The molecule has 0 N–H and O–H groups in total. The van der Waals surface area contributed by atoms with Crippen molar-refractivity contribution in [1.82, 2.24) is 9.80 Å². The summed E-state index contributed by atoms with van der Waals surface area (Å²) in [5, 5.41) is 0.806. The van der Waals surface area contributed by atoms with Gasteiger partial charge in [-0.2, -0.15) is 0 Å². The molecule has 4 rings (SSSR count). The van der Waals surface area contributed by atoms with E-state index in [9.17, 15) is 4.79 Å². The van der Waals surface area contributed by atoms with Gasteiger partial charge in [0.15, 0.2) is 0 Å². The lowest BCUT2D eigenvalue weighted by Gasteiger charge is -2.38. The molecule has 2 heterocycles. The predicted molar refractivity (Wildman–Crippen MR) is 127 cm³/mol. The number of benzene rings is 2. The molecule has 1 amide bonds. The van der Waals surface area contributed by atoms with Crippen molar-refractivity contribution < 1.29 is 14.3 Å². The summed E-state index contributed by atoms with van der Waals surface area (Å²) in [7, 11) is 1.80. The minimum Gasteiger partial charge on any atom is -0.492 e. The lowest BCUT2D eigenvalue weighted by atomic mass is 9.89. The SMILES string of the molecule is CO[C@H]1CCN2C[C@H]1CCCCN(Cc1ccccc1Cl)CCOc1cccc(c1)C2=O. The Morgan fingerprint density at radius 1 is 1.06 bits per heavy atom. The van der Waals surface area contributed by atoms with Crippen LogP contribution in [0, 0.1) is 5.92 Å². The summed E-state index contributed by atoms with van der Waals surface area (Å²) >= 11 is 6.42. The Kier molecular flexibility index (Phi) is 8.06. The van der Waals surface area contributed by atoms with E-state index in [1.165, 1.54) is 0 Å². The molecule has 2 atom stereocenters. The van der Waals surface area contributed by atoms with Gasteiger partial charge in [-0.25, -0.2) is 0 Å². The molecule has 0 spiro atoms. The van der Waals surface area contributed by atoms with Gasteiger partial charge in [0.2, 0.25) is 0 Å². The zero-order valence-electron chi connectivity index (χ0n) is 18.8. The van der Waals surface area contributed by atoms with Crippen LogP contribution in [0.1, 0.15) is 41.6 Å². The fourth-order valence-corrected chi connectivity index (χ4v) is 5.05. The van der Waals surface area contributed by atoms with Gasteiger partial charge in [0, 0.05) is 49.8 Å². The Labute approximate surface area is 196 Å². The zero-order chi connectivity index (χ0) is 22.3. The highest BCUT2D eigenvalue weighted by molar-refractivity contribution is 6.31. The number of piperidine rings is 1. The third kappa shape index (κ3) is 5.83. The van der Waals surface area contributed by atoms with E-state index >= 15 is 0 Å². The molecule has 2 aliphatic rings. The van der Waals surface area contributed by atoms with Gasteiger partial charge in [-0.3, -0.25) is 9.69 Å². The molecule has 6 heteroatoms. The summed E-state index contributed by atoms with van der Waals surface area (Å²) in [5.41, 5.74) is 1.84. The van der Waals surface area contributed by atoms with Crippen molar-refractivity contribution in [3.05, 3.63) is 64.7 Å². The largest absolute Gasteiger partial charge is 0.492 e. The Bertz CT molecular complexity index is 906. The lowest BCUT2D eigenvalue weighted by Crippen LogP contribution is -2.46. The number of methoxy groups -OCH3 is 1. The second-order valence-electron chi connectivity index (χ2n) is 8.81. The summed E-state index contributed by atoms with van der Waals surface area (Å²) in [6.07, 6.45) is 4.39. The van der Waals surface area contributed by atoms with Gasteiger partial charge >= 0.3 is 0 Å². The average molecular weight is 457 g/mol. The average Bonchev–Trinajstić information content (AvgIpc) is 2.82. The normalized spacial score (nSPS) is 23.2. The standard InChI is InChI=1S/C26H33ClN2O3/c1-31-25-12-14-29-19-22(25)8-4-5-13-28(18-21-7-2-3-11-24(21)27)15-16-32-23-10-6-9-20(17-23)26(29)30/h2-3,6-7,9-11,17,22,25H,4-5,8,12-16,18-19H2,1H3/t22-,25+/m1/s1. The minimum absolute atomic E-state index is 0.0882. The van der Waals surface area contributed by atoms with Gasteiger partial charge < -0.3 is 14.4 Å². The Balaban J connectivity index is 1.51. The van der Waals surface area contributed by atoms with E-state index in [0.29, 0.717) is 18.1 Å². The van der Waals surface area contributed by atoms with Crippen LogP contribution >= 0.6 is 11.6 Å². The van der Waals surface area contributed by atoms with Crippen LogP contribution in [0.25, 0.3) is 0 Å². The van der Waals surface area contributed by atoms with E-state index in [1.54, 1.807) is 7.11 Å². The Hall–Kier alpha value is -2.08. The van der Waals surface area contributed by atoms with Crippen molar-refractivity contribution in [2.45, 2.75) is 38.3 Å². The lowest BCUT2D eigenvalue weighted by molar-refractivity contribution is -0.00676. The quantitative estimate of drug-likeness (QED) is 0.660. The van der Waals surface area contributed by atoms with E-state index in [0.717, 1.165) is 74.7 Å². The van der Waals surface area contributed by atoms with E-state index in [-0.39, 0.29) is 12.0 Å². The van der Waals surface area contributed by atoms with Crippen LogP contribution in [0.3, 0.4) is 0 Å². The fourth-order valence-electron chi connectivity index (χ4n) is 4.86. The number of rotatable bonds is 3. The summed E-state index contributed by atoms with van der Waals surface area (Å²) < 4.78 is 11.8. The van der Waals surface area contributed by atoms with Gasteiger partial charge in [0.1, 0.15) is 12.4 Å². The van der Waals surface area contributed by atoms with E-state index < -0.39 is 0 Å². The van der Waals surface area contributed by atoms with Crippen LogP contribution in [0.15, 0.2) is 48.5 Å². The molecular weight excluding hydrogens is 424 g/mol. The molecule has 0 radical (unpaired) electrons. The van der Waals surface area contributed by atoms with Crippen molar-refractivity contribution >= 4 is 17.5 Å². The summed E-state index contributed by atoms with van der Waals surface area (Å²) in [6.45, 7) is 4.66. The number of amides is 1. The van der Waals surface area contributed by atoms with Gasteiger partial charge in [-0.1, -0.05) is 42.3 Å². The molecule has 2 aliphatic heterocycles. The molecule has 0 unspecified atom stereocenters. The number of ether oxygens (including phenoxy) is 2. The summed E-state index contributed by atoms with van der Waals surface area (Å²) in [4.78, 5) is 17.6. The number of hydrogen-bond acceptors (Lipinski definition) is 4. The topological polar surface area (TPSA) is 42.0 Å². The maximum atomic E-state index is 13.1. The van der Waals surface area contributed by atoms with Crippen LogP contribution in [0.5, 0.6) is 5.75 Å². The van der Waals surface area contributed by atoms with Crippen molar-refractivity contribution in [2.75, 3.05) is 39.9 Å². The number of carbonyl (C=O) groups excluding carboxylic acids is 1. The first-order chi connectivity index (χ1) is 15.6. The molecule has 0 saturated carbocycles. The van der Waals surface area contributed by atoms with E-state index in [2.05, 4.69) is 11.0 Å². The van der Waals surface area contributed by atoms with Crippen LogP contribution < -0.4 is 4.74 Å². The minimum atomic E-state index is 0.0882. The number of carbonyl (C=O) groups is 1. The maximum Gasteiger partial charge on any atom is 0.254 e. The predicted octanol–water partition coefficient (Wildman–Crippen LogP) is 4.88. The highest BCUT2D eigenvalue weighted by Gasteiger charge is 2.31. The monoisotopic (exact) mass is 456 g/mol. The molecule has 0 aliphatic carbocycles. The van der Waals surface area contributed by atoms with Crippen LogP contribution in [-0.2, 0) is 11.3 Å². The second kappa shape index (κ2) is 11.2. The van der Waals surface area contributed by atoms with Gasteiger partial charge in [-0.05, 0) is 55.6 Å². The molecule has 1 saturated heterocycles. The second-order valence-corrected chi connectivity index (χ2v) is 9.22. The number of hydrogen-bond donors (Lipinski definition) is 0. The smallest absolute Gasteiger partial charge is 0.254 e. The molecule has 2 aromatic carbocycles. The molecule has 1 fully saturated rings. The summed E-state index contributed by atoms with van der Waals surface area (Å²) in [6, 6.07) is 15.6. The Morgan fingerprint density at radius 3 is 2.78 bits per heavy atom. The molecule has 4 bridgehead atoms. The third-order valence-electron chi connectivity index (χ3n) is 6.66. The zero-order valence-corrected chi connectivity index (χ0v) is 19.6.